The fraction of sp³-hybridized carbons (Fsp3) is 0.444. The Labute approximate surface area is 174 Å². The van der Waals surface area contributed by atoms with Gasteiger partial charge in [0.25, 0.3) is 0 Å². The molecule has 0 bridgehead atoms. The van der Waals surface area contributed by atoms with Crippen LogP contribution in [-0.2, 0) is 11.2 Å². The van der Waals surface area contributed by atoms with Gasteiger partial charge in [-0.1, -0.05) is 28.1 Å². The third-order valence-corrected chi connectivity index (χ3v) is 4.92. The minimum absolute atomic E-state index is 0. The van der Waals surface area contributed by atoms with Crippen LogP contribution in [0.25, 0.3) is 11.3 Å². The standard InChI is InChI=1S/C18H22BrN3O2.2ClH/c1-12-18(13-2-4-14(19)5-3-13)24-16(21-12)6-7-17(23)22-10-8-15(20)9-11-22;;/h2-5,15H,6-11,20H2,1H3;2*1H. The molecule has 0 radical (unpaired) electrons. The van der Waals surface area contributed by atoms with Gasteiger partial charge in [-0.25, -0.2) is 4.98 Å². The molecule has 0 aliphatic carbocycles. The van der Waals surface area contributed by atoms with E-state index in [-0.39, 0.29) is 36.8 Å². The van der Waals surface area contributed by atoms with Gasteiger partial charge in [0.05, 0.1) is 5.69 Å². The van der Waals surface area contributed by atoms with Crippen molar-refractivity contribution >= 4 is 46.7 Å². The predicted octanol–water partition coefficient (Wildman–Crippen LogP) is 4.14. The first-order chi connectivity index (χ1) is 11.5. The molecule has 3 rings (SSSR count). The molecule has 0 unspecified atom stereocenters. The fourth-order valence-corrected chi connectivity index (χ4v) is 3.21. The fourth-order valence-electron chi connectivity index (χ4n) is 2.95. The van der Waals surface area contributed by atoms with E-state index < -0.39 is 0 Å². The van der Waals surface area contributed by atoms with Crippen LogP contribution in [0.2, 0.25) is 0 Å². The van der Waals surface area contributed by atoms with Gasteiger partial charge in [-0.15, -0.1) is 24.8 Å². The van der Waals surface area contributed by atoms with Crippen molar-refractivity contribution in [1.82, 2.24) is 9.88 Å². The Morgan fingerprint density at radius 1 is 1.27 bits per heavy atom. The predicted molar refractivity (Wildman–Crippen MR) is 111 cm³/mol. The highest BCUT2D eigenvalue weighted by atomic mass is 79.9. The maximum absolute atomic E-state index is 12.3. The summed E-state index contributed by atoms with van der Waals surface area (Å²) >= 11 is 3.43. The van der Waals surface area contributed by atoms with Gasteiger partial charge >= 0.3 is 0 Å². The number of halogens is 3. The third kappa shape index (κ3) is 5.71. The second-order valence-electron chi connectivity index (χ2n) is 6.25. The average molecular weight is 465 g/mol. The van der Waals surface area contributed by atoms with E-state index in [2.05, 4.69) is 20.9 Å². The maximum Gasteiger partial charge on any atom is 0.223 e. The number of amides is 1. The molecule has 5 nitrogen and oxygen atoms in total. The highest BCUT2D eigenvalue weighted by molar-refractivity contribution is 9.10. The Bertz CT molecular complexity index is 714. The Balaban J connectivity index is 0.00000169. The molecule has 1 amide bonds. The number of oxazole rings is 1. The molecule has 0 saturated carbocycles. The number of hydrogen-bond acceptors (Lipinski definition) is 4. The van der Waals surface area contributed by atoms with Gasteiger partial charge in [-0.2, -0.15) is 0 Å². The van der Waals surface area contributed by atoms with Gasteiger partial charge < -0.3 is 15.1 Å². The molecule has 1 aliphatic rings. The van der Waals surface area contributed by atoms with Gasteiger partial charge in [0, 0.05) is 42.0 Å². The van der Waals surface area contributed by atoms with E-state index in [1.807, 2.05) is 36.1 Å². The number of rotatable bonds is 4. The molecule has 26 heavy (non-hydrogen) atoms. The van der Waals surface area contributed by atoms with Gasteiger partial charge in [-0.05, 0) is 31.9 Å². The molecule has 1 fully saturated rings. The summed E-state index contributed by atoms with van der Waals surface area (Å²) in [4.78, 5) is 18.7. The van der Waals surface area contributed by atoms with Crippen molar-refractivity contribution in [3.8, 4) is 11.3 Å². The van der Waals surface area contributed by atoms with Crippen molar-refractivity contribution in [3.63, 3.8) is 0 Å². The number of likely N-dealkylation sites (tertiary alicyclic amines) is 1. The number of aromatic nitrogens is 1. The molecule has 0 atom stereocenters. The van der Waals surface area contributed by atoms with Crippen LogP contribution in [0.3, 0.4) is 0 Å². The molecule has 144 valence electrons. The highest BCUT2D eigenvalue weighted by Crippen LogP contribution is 2.26. The Morgan fingerprint density at radius 2 is 1.88 bits per heavy atom. The van der Waals surface area contributed by atoms with Crippen LogP contribution in [-0.4, -0.2) is 34.9 Å². The lowest BCUT2D eigenvalue weighted by atomic mass is 10.1. The molecular weight excluding hydrogens is 441 g/mol. The summed E-state index contributed by atoms with van der Waals surface area (Å²) in [5.41, 5.74) is 7.72. The van der Waals surface area contributed by atoms with E-state index in [4.69, 9.17) is 10.2 Å². The zero-order chi connectivity index (χ0) is 17.1. The monoisotopic (exact) mass is 463 g/mol. The van der Waals surface area contributed by atoms with E-state index in [1.54, 1.807) is 0 Å². The first-order valence-electron chi connectivity index (χ1n) is 8.28. The topological polar surface area (TPSA) is 72.4 Å². The van der Waals surface area contributed by atoms with Crippen molar-refractivity contribution in [2.24, 2.45) is 5.73 Å². The van der Waals surface area contributed by atoms with Crippen molar-refractivity contribution in [3.05, 3.63) is 40.3 Å². The van der Waals surface area contributed by atoms with Crippen LogP contribution in [0.5, 0.6) is 0 Å². The molecule has 2 aromatic rings. The maximum atomic E-state index is 12.3. The zero-order valence-corrected chi connectivity index (χ0v) is 17.8. The summed E-state index contributed by atoms with van der Waals surface area (Å²) in [7, 11) is 0. The smallest absolute Gasteiger partial charge is 0.223 e. The summed E-state index contributed by atoms with van der Waals surface area (Å²) in [6.07, 6.45) is 2.73. The van der Waals surface area contributed by atoms with Gasteiger partial charge in [0.1, 0.15) is 0 Å². The Kier molecular flexibility index (Phi) is 9.10. The lowest BCUT2D eigenvalue weighted by Crippen LogP contribution is -2.42. The number of hydrogen-bond donors (Lipinski definition) is 1. The van der Waals surface area contributed by atoms with Crippen molar-refractivity contribution in [1.29, 1.82) is 0 Å². The Morgan fingerprint density at radius 3 is 2.50 bits per heavy atom. The molecule has 8 heteroatoms. The van der Waals surface area contributed by atoms with Crippen LogP contribution < -0.4 is 5.73 Å². The summed E-state index contributed by atoms with van der Waals surface area (Å²) in [5, 5.41) is 0. The highest BCUT2D eigenvalue weighted by Gasteiger charge is 2.21. The largest absolute Gasteiger partial charge is 0.440 e. The lowest BCUT2D eigenvalue weighted by Gasteiger charge is -2.30. The number of nitrogens with zero attached hydrogens (tertiary/aromatic N) is 2. The summed E-state index contributed by atoms with van der Waals surface area (Å²) in [5.74, 6) is 1.55. The van der Waals surface area contributed by atoms with Gasteiger partial charge in [0.15, 0.2) is 11.7 Å². The zero-order valence-electron chi connectivity index (χ0n) is 14.6. The number of nitrogens with two attached hydrogens (primary N) is 1. The molecule has 2 heterocycles. The summed E-state index contributed by atoms with van der Waals surface area (Å²) in [6, 6.07) is 8.16. The minimum Gasteiger partial charge on any atom is -0.440 e. The SMILES string of the molecule is Cc1nc(CCC(=O)N2CCC(N)CC2)oc1-c1ccc(Br)cc1.Cl.Cl. The summed E-state index contributed by atoms with van der Waals surface area (Å²) in [6.45, 7) is 3.45. The molecule has 1 aromatic heterocycles. The molecule has 1 aliphatic heterocycles. The van der Waals surface area contributed by atoms with Crippen LogP contribution >= 0.6 is 40.7 Å². The molecular formula is C18H24BrCl2N3O2. The molecule has 0 spiro atoms. The average Bonchev–Trinajstić information content (AvgIpc) is 2.95. The van der Waals surface area contributed by atoms with Crippen LogP contribution in [0.1, 0.15) is 30.8 Å². The lowest BCUT2D eigenvalue weighted by molar-refractivity contribution is -0.132. The van der Waals surface area contributed by atoms with Crippen LogP contribution in [0, 0.1) is 6.92 Å². The minimum atomic E-state index is 0. The van der Waals surface area contributed by atoms with E-state index in [0.29, 0.717) is 18.7 Å². The van der Waals surface area contributed by atoms with E-state index >= 15 is 0 Å². The number of aryl methyl sites for hydroxylation is 2. The molecule has 2 N–H and O–H groups in total. The van der Waals surface area contributed by atoms with Crippen molar-refractivity contribution in [2.75, 3.05) is 13.1 Å². The number of carbonyl (C=O) groups excluding carboxylic acids is 1. The van der Waals surface area contributed by atoms with Crippen molar-refractivity contribution in [2.45, 2.75) is 38.6 Å². The Hall–Kier alpha value is -1.08. The summed E-state index contributed by atoms with van der Waals surface area (Å²) < 4.78 is 6.90. The second-order valence-corrected chi connectivity index (χ2v) is 7.16. The number of piperidine rings is 1. The third-order valence-electron chi connectivity index (χ3n) is 4.39. The van der Waals surface area contributed by atoms with E-state index in [9.17, 15) is 4.79 Å². The number of carbonyl (C=O) groups is 1. The van der Waals surface area contributed by atoms with E-state index in [0.717, 1.165) is 47.4 Å². The van der Waals surface area contributed by atoms with Crippen LogP contribution in [0.15, 0.2) is 33.2 Å². The normalized spacial score (nSPS) is 14.5. The van der Waals surface area contributed by atoms with Crippen LogP contribution in [0.4, 0.5) is 0 Å². The van der Waals surface area contributed by atoms with Crippen molar-refractivity contribution < 1.29 is 9.21 Å². The van der Waals surface area contributed by atoms with Gasteiger partial charge in [0.2, 0.25) is 5.91 Å². The second kappa shape index (κ2) is 10.3. The number of benzene rings is 1. The molecule has 1 saturated heterocycles. The van der Waals surface area contributed by atoms with Gasteiger partial charge in [-0.3, -0.25) is 4.79 Å². The first-order valence-corrected chi connectivity index (χ1v) is 9.08. The van der Waals surface area contributed by atoms with E-state index in [1.165, 1.54) is 0 Å². The quantitative estimate of drug-likeness (QED) is 0.737. The first kappa shape index (κ1) is 23.0. The molecule has 1 aromatic carbocycles.